The van der Waals surface area contributed by atoms with Gasteiger partial charge in [0.25, 0.3) is 5.91 Å². The fourth-order valence-corrected chi connectivity index (χ4v) is 5.24. The van der Waals surface area contributed by atoms with Gasteiger partial charge in [-0.3, -0.25) is 9.59 Å². The third-order valence-corrected chi connectivity index (χ3v) is 7.30. The fourth-order valence-electron chi connectivity index (χ4n) is 5.13. The first-order valence-electron chi connectivity index (χ1n) is 12.4. The predicted octanol–water partition coefficient (Wildman–Crippen LogP) is 4.51. The summed E-state index contributed by atoms with van der Waals surface area (Å²) in [4.78, 5) is 49.5. The number of amides is 2. The second-order valence-corrected chi connectivity index (χ2v) is 9.83. The number of nitrogens with zero attached hydrogens (tertiary/aromatic N) is 3. The molecule has 0 atom stereocenters. The number of methoxy groups -OCH3 is 1. The van der Waals surface area contributed by atoms with Crippen LogP contribution >= 0.6 is 11.6 Å². The first kappa shape index (κ1) is 25.2. The average Bonchev–Trinajstić information content (AvgIpc) is 3.58. The Morgan fingerprint density at radius 1 is 1.05 bits per heavy atom. The van der Waals surface area contributed by atoms with Crippen LogP contribution in [-0.2, 0) is 9.53 Å². The maximum absolute atomic E-state index is 13.3. The first-order valence-corrected chi connectivity index (χ1v) is 12.8. The van der Waals surface area contributed by atoms with E-state index in [0.29, 0.717) is 11.1 Å². The van der Waals surface area contributed by atoms with E-state index >= 15 is 0 Å². The number of esters is 1. The Bertz CT molecular complexity index is 1310. The molecule has 2 amide bonds. The molecule has 2 N–H and O–H groups in total. The lowest BCUT2D eigenvalue weighted by atomic mass is 9.85. The second kappa shape index (κ2) is 10.9. The van der Waals surface area contributed by atoms with Crippen molar-refractivity contribution >= 4 is 52.0 Å². The number of ether oxygens (including phenoxy) is 1. The summed E-state index contributed by atoms with van der Waals surface area (Å²) in [7, 11) is 1.25. The number of aromatic nitrogens is 2. The van der Waals surface area contributed by atoms with Gasteiger partial charge in [-0.15, -0.1) is 0 Å². The zero-order chi connectivity index (χ0) is 25.9. The van der Waals surface area contributed by atoms with Crippen molar-refractivity contribution in [1.82, 2.24) is 14.9 Å². The minimum Gasteiger partial charge on any atom is -0.464 e. The molecule has 0 radical (unpaired) electrons. The Balaban J connectivity index is 1.40. The number of rotatable bonds is 6. The van der Waals surface area contributed by atoms with Crippen LogP contribution in [0.2, 0.25) is 5.02 Å². The maximum Gasteiger partial charge on any atom is 0.356 e. The number of likely N-dealkylation sites (tertiary alicyclic amines) is 1. The van der Waals surface area contributed by atoms with Crippen molar-refractivity contribution in [3.63, 3.8) is 0 Å². The van der Waals surface area contributed by atoms with Crippen molar-refractivity contribution in [1.29, 1.82) is 0 Å². The van der Waals surface area contributed by atoms with Gasteiger partial charge in [-0.1, -0.05) is 11.6 Å². The molecule has 37 heavy (non-hydrogen) atoms. The summed E-state index contributed by atoms with van der Waals surface area (Å²) in [6, 6.07) is 6.62. The standard InChI is InChI=1S/C26H28ClN5O5/c1-36-26(35)18-9-10-19-21(29-18)22(23(37-19)25(34)30-20-11-6-16(27)14-28-20)31-24(33)15-4-7-17(8-5-15)32-12-2-3-13-32/h6,9-11,14-15,17H,2-5,7-8,12-13H2,1H3,(H,31,33)(H,28,30,34). The topological polar surface area (TPSA) is 127 Å². The van der Waals surface area contributed by atoms with Gasteiger partial charge in [0.2, 0.25) is 11.7 Å². The molecule has 4 heterocycles. The highest BCUT2D eigenvalue weighted by atomic mass is 35.5. The number of fused-ring (bicyclic) bond motifs is 1. The van der Waals surface area contributed by atoms with E-state index in [4.69, 9.17) is 20.8 Å². The van der Waals surface area contributed by atoms with Gasteiger partial charge in [0.1, 0.15) is 22.7 Å². The molecule has 5 rings (SSSR count). The quantitative estimate of drug-likeness (QED) is 0.450. The molecule has 3 aromatic rings. The van der Waals surface area contributed by atoms with Gasteiger partial charge in [0.15, 0.2) is 5.58 Å². The average molecular weight is 526 g/mol. The maximum atomic E-state index is 13.3. The van der Waals surface area contributed by atoms with Crippen molar-refractivity contribution in [2.45, 2.75) is 44.6 Å². The van der Waals surface area contributed by atoms with Crippen molar-refractivity contribution in [3.05, 3.63) is 46.9 Å². The summed E-state index contributed by atoms with van der Waals surface area (Å²) < 4.78 is 10.6. The van der Waals surface area contributed by atoms with Gasteiger partial charge < -0.3 is 24.7 Å². The summed E-state index contributed by atoms with van der Waals surface area (Å²) in [5.41, 5.74) is 0.578. The van der Waals surface area contributed by atoms with Crippen LogP contribution in [0, 0.1) is 5.92 Å². The monoisotopic (exact) mass is 525 g/mol. The van der Waals surface area contributed by atoms with E-state index < -0.39 is 11.9 Å². The minimum absolute atomic E-state index is 0.0312. The third kappa shape index (κ3) is 5.45. The van der Waals surface area contributed by atoms with Gasteiger partial charge in [-0.05, 0) is 75.9 Å². The Labute approximate surface area is 218 Å². The lowest BCUT2D eigenvalue weighted by Gasteiger charge is -2.33. The first-order chi connectivity index (χ1) is 17.9. The summed E-state index contributed by atoms with van der Waals surface area (Å²) in [5, 5.41) is 5.96. The molecule has 1 aliphatic heterocycles. The Hall–Kier alpha value is -3.50. The summed E-state index contributed by atoms with van der Waals surface area (Å²) in [6.07, 6.45) is 7.34. The molecule has 0 spiro atoms. The van der Waals surface area contributed by atoms with E-state index in [1.807, 2.05) is 0 Å². The molecule has 2 aliphatic rings. The van der Waals surface area contributed by atoms with Crippen LogP contribution in [0.4, 0.5) is 11.5 Å². The van der Waals surface area contributed by atoms with Crippen LogP contribution in [0.1, 0.15) is 59.6 Å². The molecule has 0 aromatic carbocycles. The molecule has 1 saturated carbocycles. The molecule has 1 aliphatic carbocycles. The van der Waals surface area contributed by atoms with Crippen LogP contribution in [0.25, 0.3) is 11.1 Å². The normalized spacial score (nSPS) is 20.1. The number of hydrogen-bond acceptors (Lipinski definition) is 8. The van der Waals surface area contributed by atoms with Crippen molar-refractivity contribution < 1.29 is 23.5 Å². The number of halogens is 1. The Kier molecular flexibility index (Phi) is 7.38. The second-order valence-electron chi connectivity index (χ2n) is 9.39. The van der Waals surface area contributed by atoms with E-state index in [2.05, 4.69) is 25.5 Å². The number of furan rings is 1. The molecule has 2 fully saturated rings. The predicted molar refractivity (Wildman–Crippen MR) is 138 cm³/mol. The highest BCUT2D eigenvalue weighted by molar-refractivity contribution is 6.30. The molecule has 1 saturated heterocycles. The van der Waals surface area contributed by atoms with Gasteiger partial charge >= 0.3 is 5.97 Å². The zero-order valence-corrected chi connectivity index (χ0v) is 21.2. The molecule has 10 nitrogen and oxygen atoms in total. The molecule has 11 heteroatoms. The largest absolute Gasteiger partial charge is 0.464 e. The van der Waals surface area contributed by atoms with Crippen LogP contribution in [0.15, 0.2) is 34.9 Å². The summed E-state index contributed by atoms with van der Waals surface area (Å²) >= 11 is 5.88. The SMILES string of the molecule is COC(=O)c1ccc2oc(C(=O)Nc3ccc(Cl)cn3)c(NC(=O)C3CCC(N4CCCC4)CC3)c2n1. The Morgan fingerprint density at radius 2 is 1.81 bits per heavy atom. The minimum atomic E-state index is -0.642. The van der Waals surface area contributed by atoms with Gasteiger partial charge in [-0.25, -0.2) is 14.8 Å². The number of carbonyl (C=O) groups excluding carboxylic acids is 3. The molecule has 3 aromatic heterocycles. The molecular formula is C26H28ClN5O5. The molecular weight excluding hydrogens is 498 g/mol. The van der Waals surface area contributed by atoms with Crippen molar-refractivity contribution in [3.8, 4) is 0 Å². The zero-order valence-electron chi connectivity index (χ0n) is 20.5. The van der Waals surface area contributed by atoms with E-state index in [1.54, 1.807) is 12.1 Å². The van der Waals surface area contributed by atoms with Crippen LogP contribution in [-0.4, -0.2) is 58.9 Å². The number of hydrogen-bond donors (Lipinski definition) is 2. The Morgan fingerprint density at radius 3 is 2.49 bits per heavy atom. The highest BCUT2D eigenvalue weighted by Gasteiger charge is 2.32. The fraction of sp³-hybridized carbons (Fsp3) is 0.423. The molecule has 0 bridgehead atoms. The van der Waals surface area contributed by atoms with Gasteiger partial charge in [0, 0.05) is 18.2 Å². The van der Waals surface area contributed by atoms with Crippen molar-refractivity contribution in [2.24, 2.45) is 5.92 Å². The van der Waals surface area contributed by atoms with Crippen LogP contribution < -0.4 is 10.6 Å². The molecule has 0 unspecified atom stereocenters. The number of pyridine rings is 2. The lowest BCUT2D eigenvalue weighted by molar-refractivity contribution is -0.121. The number of carbonyl (C=O) groups is 3. The number of anilines is 2. The van der Waals surface area contributed by atoms with E-state index in [1.165, 1.54) is 38.3 Å². The molecule has 194 valence electrons. The third-order valence-electron chi connectivity index (χ3n) is 7.08. The summed E-state index contributed by atoms with van der Waals surface area (Å²) in [6.45, 7) is 2.27. The van der Waals surface area contributed by atoms with Gasteiger partial charge in [0.05, 0.1) is 12.1 Å². The van der Waals surface area contributed by atoms with Crippen LogP contribution in [0.5, 0.6) is 0 Å². The van der Waals surface area contributed by atoms with Crippen LogP contribution in [0.3, 0.4) is 0 Å². The van der Waals surface area contributed by atoms with Crippen molar-refractivity contribution in [2.75, 3.05) is 30.8 Å². The van der Waals surface area contributed by atoms with Gasteiger partial charge in [-0.2, -0.15) is 0 Å². The summed E-state index contributed by atoms with van der Waals surface area (Å²) in [5.74, 6) is -1.54. The van der Waals surface area contributed by atoms with E-state index in [9.17, 15) is 14.4 Å². The smallest absolute Gasteiger partial charge is 0.356 e. The van der Waals surface area contributed by atoms with E-state index in [0.717, 1.165) is 38.8 Å². The van der Waals surface area contributed by atoms with E-state index in [-0.39, 0.29) is 45.9 Å². The lowest BCUT2D eigenvalue weighted by Crippen LogP contribution is -2.38. The number of nitrogens with one attached hydrogen (secondary N) is 2. The highest BCUT2D eigenvalue weighted by Crippen LogP contribution is 2.34.